The van der Waals surface area contributed by atoms with Crippen LogP contribution in [0.25, 0.3) is 0 Å². The molecule has 0 saturated heterocycles. The van der Waals surface area contributed by atoms with Crippen LogP contribution in [-0.4, -0.2) is 23.4 Å². The van der Waals surface area contributed by atoms with Crippen molar-refractivity contribution in [1.29, 1.82) is 0 Å². The van der Waals surface area contributed by atoms with Gasteiger partial charge in [-0.2, -0.15) is 0 Å². The number of hydrogen-bond acceptors (Lipinski definition) is 4. The molecule has 2 saturated carbocycles. The second kappa shape index (κ2) is 6.94. The van der Waals surface area contributed by atoms with Crippen molar-refractivity contribution in [3.63, 3.8) is 0 Å². The van der Waals surface area contributed by atoms with Crippen LogP contribution in [0, 0.1) is 17.3 Å². The van der Waals surface area contributed by atoms with E-state index >= 15 is 0 Å². The number of aliphatic hydroxyl groups is 1. The number of benzene rings is 2. The molecule has 0 heterocycles. The SMILES string of the molecule is COc1ccc(Oc2cc3c(cc2O)CC[C@@H]2[C@@H]3CC[C@]3(C)[C@@H](O)CC[C@@H]23)cc1. The molecule has 0 unspecified atom stereocenters. The Labute approximate surface area is 172 Å². The van der Waals surface area contributed by atoms with E-state index in [4.69, 9.17) is 9.47 Å². The molecular weight excluding hydrogens is 364 g/mol. The highest BCUT2D eigenvalue weighted by Gasteiger charge is 2.54. The summed E-state index contributed by atoms with van der Waals surface area (Å²) in [5.74, 6) is 3.91. The number of ether oxygens (including phenoxy) is 2. The van der Waals surface area contributed by atoms with E-state index < -0.39 is 0 Å². The van der Waals surface area contributed by atoms with Crippen LogP contribution in [0.3, 0.4) is 0 Å². The highest BCUT2D eigenvalue weighted by Crippen LogP contribution is 2.61. The molecule has 2 fully saturated rings. The molecule has 154 valence electrons. The van der Waals surface area contributed by atoms with E-state index in [1.54, 1.807) is 7.11 Å². The van der Waals surface area contributed by atoms with Crippen LogP contribution in [-0.2, 0) is 6.42 Å². The summed E-state index contributed by atoms with van der Waals surface area (Å²) in [7, 11) is 1.64. The van der Waals surface area contributed by atoms with Gasteiger partial charge in [-0.15, -0.1) is 0 Å². The average molecular weight is 395 g/mol. The zero-order chi connectivity index (χ0) is 20.2. The van der Waals surface area contributed by atoms with Crippen LogP contribution in [0.2, 0.25) is 0 Å². The fraction of sp³-hybridized carbons (Fsp3) is 0.520. The van der Waals surface area contributed by atoms with E-state index in [2.05, 4.69) is 13.0 Å². The second-order valence-corrected chi connectivity index (χ2v) is 9.35. The van der Waals surface area contributed by atoms with Gasteiger partial charge in [0, 0.05) is 0 Å². The lowest BCUT2D eigenvalue weighted by molar-refractivity contribution is -0.0226. The Morgan fingerprint density at radius 1 is 1.00 bits per heavy atom. The quantitative estimate of drug-likeness (QED) is 0.731. The first-order chi connectivity index (χ1) is 14.0. The Morgan fingerprint density at radius 2 is 1.76 bits per heavy atom. The molecule has 0 bridgehead atoms. The van der Waals surface area contributed by atoms with Gasteiger partial charge in [0.05, 0.1) is 13.2 Å². The third-order valence-electron chi connectivity index (χ3n) is 8.04. The van der Waals surface area contributed by atoms with E-state index in [1.807, 2.05) is 30.3 Å². The molecule has 0 spiro atoms. The molecule has 2 aromatic rings. The van der Waals surface area contributed by atoms with Crippen LogP contribution in [0.15, 0.2) is 36.4 Å². The molecule has 5 atom stereocenters. The largest absolute Gasteiger partial charge is 0.504 e. The lowest BCUT2D eigenvalue weighted by atomic mass is 9.55. The van der Waals surface area contributed by atoms with Crippen LogP contribution in [0.5, 0.6) is 23.0 Å². The van der Waals surface area contributed by atoms with Crippen molar-refractivity contribution in [2.24, 2.45) is 17.3 Å². The van der Waals surface area contributed by atoms with Crippen LogP contribution in [0.4, 0.5) is 0 Å². The molecule has 4 heteroatoms. The minimum absolute atomic E-state index is 0.0814. The Balaban J connectivity index is 1.45. The highest BCUT2D eigenvalue weighted by molar-refractivity contribution is 5.51. The highest BCUT2D eigenvalue weighted by atomic mass is 16.5. The number of phenols is 1. The maximum absolute atomic E-state index is 10.6. The summed E-state index contributed by atoms with van der Waals surface area (Å²) in [6.07, 6.45) is 6.27. The van der Waals surface area contributed by atoms with Gasteiger partial charge in [-0.05, 0) is 109 Å². The zero-order valence-electron chi connectivity index (χ0n) is 17.2. The molecule has 0 aliphatic heterocycles. The summed E-state index contributed by atoms with van der Waals surface area (Å²) in [5, 5.41) is 21.2. The predicted molar refractivity (Wildman–Crippen MR) is 112 cm³/mol. The molecule has 2 aromatic carbocycles. The number of methoxy groups -OCH3 is 1. The molecule has 4 nitrogen and oxygen atoms in total. The number of hydrogen-bond donors (Lipinski definition) is 2. The van der Waals surface area contributed by atoms with Gasteiger partial charge in [0.1, 0.15) is 11.5 Å². The van der Waals surface area contributed by atoms with E-state index in [9.17, 15) is 10.2 Å². The van der Waals surface area contributed by atoms with Crippen molar-refractivity contribution in [3.05, 3.63) is 47.5 Å². The predicted octanol–water partition coefficient (Wildman–Crippen LogP) is 5.41. The van der Waals surface area contributed by atoms with Gasteiger partial charge in [0.15, 0.2) is 11.5 Å². The van der Waals surface area contributed by atoms with Gasteiger partial charge >= 0.3 is 0 Å². The smallest absolute Gasteiger partial charge is 0.169 e. The van der Waals surface area contributed by atoms with Crippen molar-refractivity contribution in [2.45, 2.75) is 57.5 Å². The molecule has 0 amide bonds. The number of rotatable bonds is 3. The average Bonchev–Trinajstić information content (AvgIpc) is 3.04. The summed E-state index contributed by atoms with van der Waals surface area (Å²) in [4.78, 5) is 0. The van der Waals surface area contributed by atoms with Crippen molar-refractivity contribution >= 4 is 0 Å². The number of aliphatic hydroxyl groups excluding tert-OH is 1. The normalized spacial score (nSPS) is 32.8. The Morgan fingerprint density at radius 3 is 2.52 bits per heavy atom. The molecule has 0 radical (unpaired) electrons. The molecule has 2 N–H and O–H groups in total. The minimum atomic E-state index is -0.149. The lowest BCUT2D eigenvalue weighted by Gasteiger charge is -2.50. The van der Waals surface area contributed by atoms with Crippen molar-refractivity contribution in [2.75, 3.05) is 7.11 Å². The fourth-order valence-electron chi connectivity index (χ4n) is 6.41. The van der Waals surface area contributed by atoms with Gasteiger partial charge in [-0.25, -0.2) is 0 Å². The second-order valence-electron chi connectivity index (χ2n) is 9.35. The third kappa shape index (κ3) is 3.00. The first-order valence-corrected chi connectivity index (χ1v) is 10.9. The van der Waals surface area contributed by atoms with E-state index in [0.717, 1.165) is 44.3 Å². The minimum Gasteiger partial charge on any atom is -0.504 e. The van der Waals surface area contributed by atoms with Crippen molar-refractivity contribution in [1.82, 2.24) is 0 Å². The molecule has 29 heavy (non-hydrogen) atoms. The van der Waals surface area contributed by atoms with E-state index in [1.165, 1.54) is 11.1 Å². The Bertz CT molecular complexity index is 906. The molecule has 3 aliphatic rings. The van der Waals surface area contributed by atoms with E-state index in [-0.39, 0.29) is 17.3 Å². The summed E-state index contributed by atoms with van der Waals surface area (Å²) in [6.45, 7) is 2.30. The zero-order valence-corrected chi connectivity index (χ0v) is 17.2. The summed E-state index contributed by atoms with van der Waals surface area (Å²) < 4.78 is 11.2. The van der Waals surface area contributed by atoms with Crippen LogP contribution >= 0.6 is 0 Å². The summed E-state index contributed by atoms with van der Waals surface area (Å²) >= 11 is 0. The van der Waals surface area contributed by atoms with Gasteiger partial charge in [0.2, 0.25) is 0 Å². The first-order valence-electron chi connectivity index (χ1n) is 10.9. The van der Waals surface area contributed by atoms with Gasteiger partial charge < -0.3 is 19.7 Å². The monoisotopic (exact) mass is 394 g/mol. The van der Waals surface area contributed by atoms with E-state index in [0.29, 0.717) is 29.3 Å². The molecule has 5 rings (SSSR count). The molecule has 0 aromatic heterocycles. The number of phenolic OH excluding ortho intramolecular Hbond substituents is 1. The number of aryl methyl sites for hydroxylation is 1. The first kappa shape index (κ1) is 18.8. The lowest BCUT2D eigenvalue weighted by Crippen LogP contribution is -2.43. The standard InChI is InChI=1S/C25H30O4/c1-25-12-11-18-19(21(25)9-10-24(25)27)8-3-15-13-22(26)23(14-20(15)18)29-17-6-4-16(28-2)5-7-17/h4-7,13-14,18-19,21,24,26-27H,3,8-12H2,1-2H3/t18-,19+,21-,24-,25-/m0/s1. The molecular formula is C25H30O4. The van der Waals surface area contributed by atoms with Gasteiger partial charge in [0.25, 0.3) is 0 Å². The van der Waals surface area contributed by atoms with Crippen LogP contribution in [0.1, 0.15) is 56.1 Å². The van der Waals surface area contributed by atoms with Gasteiger partial charge in [-0.3, -0.25) is 0 Å². The number of fused-ring (bicyclic) bond motifs is 5. The van der Waals surface area contributed by atoms with Gasteiger partial charge in [-0.1, -0.05) is 6.92 Å². The third-order valence-corrected chi connectivity index (χ3v) is 8.04. The maximum Gasteiger partial charge on any atom is 0.169 e. The van der Waals surface area contributed by atoms with Crippen molar-refractivity contribution < 1.29 is 19.7 Å². The summed E-state index contributed by atoms with van der Waals surface area (Å²) in [5.41, 5.74) is 2.68. The Kier molecular flexibility index (Phi) is 4.50. The summed E-state index contributed by atoms with van der Waals surface area (Å²) in [6, 6.07) is 11.4. The fourth-order valence-corrected chi connectivity index (χ4v) is 6.41. The number of aromatic hydroxyl groups is 1. The topological polar surface area (TPSA) is 58.9 Å². The Hall–Kier alpha value is -2.20. The maximum atomic E-state index is 10.6. The van der Waals surface area contributed by atoms with Crippen molar-refractivity contribution in [3.8, 4) is 23.0 Å². The van der Waals surface area contributed by atoms with Crippen LogP contribution < -0.4 is 9.47 Å². The molecule has 3 aliphatic carbocycles.